The smallest absolute Gasteiger partial charge is 0.306 e. The van der Waals surface area contributed by atoms with E-state index in [0.29, 0.717) is 29.1 Å². The first-order valence-electron chi connectivity index (χ1n) is 23.7. The lowest BCUT2D eigenvalue weighted by molar-refractivity contribution is -0.312. The molecule has 10 atom stereocenters. The molecule has 306 valence electrons. The topological polar surface area (TPSA) is 46.5 Å². The van der Waals surface area contributed by atoms with Crippen molar-refractivity contribution in [2.24, 2.45) is 50.7 Å². The Hall–Kier alpha value is -0.830. The second-order valence-electron chi connectivity index (χ2n) is 21.7. The molecule has 53 heavy (non-hydrogen) atoms. The van der Waals surface area contributed by atoms with E-state index in [1.807, 2.05) is 0 Å². The zero-order valence-electron chi connectivity index (χ0n) is 36.7. The van der Waals surface area contributed by atoms with E-state index in [9.17, 15) is 9.90 Å². The fourth-order valence-corrected chi connectivity index (χ4v) is 14.7. The van der Waals surface area contributed by atoms with Crippen LogP contribution in [-0.4, -0.2) is 22.8 Å². The quantitative estimate of drug-likeness (QED) is 0.0769. The largest absolute Gasteiger partial charge is 0.462 e. The van der Waals surface area contributed by atoms with Crippen LogP contribution in [0.5, 0.6) is 0 Å². The summed E-state index contributed by atoms with van der Waals surface area (Å²) < 4.78 is 6.35. The van der Waals surface area contributed by atoms with E-state index in [-0.39, 0.29) is 22.9 Å². The zero-order valence-corrected chi connectivity index (χ0v) is 36.7. The van der Waals surface area contributed by atoms with Crippen molar-refractivity contribution in [3.05, 3.63) is 12.2 Å². The van der Waals surface area contributed by atoms with Gasteiger partial charge in [0.2, 0.25) is 0 Å². The summed E-state index contributed by atoms with van der Waals surface area (Å²) in [5, 5.41) is 13.0. The van der Waals surface area contributed by atoms with E-state index in [1.54, 1.807) is 0 Å². The maximum absolute atomic E-state index is 13.3. The second kappa shape index (κ2) is 17.8. The van der Waals surface area contributed by atoms with Gasteiger partial charge in [-0.3, -0.25) is 4.79 Å². The van der Waals surface area contributed by atoms with Gasteiger partial charge in [0, 0.05) is 17.3 Å². The Kier molecular flexibility index (Phi) is 14.5. The third kappa shape index (κ3) is 8.29. The van der Waals surface area contributed by atoms with Crippen molar-refractivity contribution in [2.45, 2.75) is 247 Å². The number of carbonyl (C=O) groups excluding carboxylic acids is 1. The van der Waals surface area contributed by atoms with Gasteiger partial charge >= 0.3 is 5.97 Å². The minimum atomic E-state index is -0.832. The maximum Gasteiger partial charge on any atom is 0.306 e. The third-order valence-electron chi connectivity index (χ3n) is 18.5. The van der Waals surface area contributed by atoms with Gasteiger partial charge in [0.05, 0.1) is 5.60 Å². The molecular weight excluding hydrogens is 649 g/mol. The second-order valence-corrected chi connectivity index (χ2v) is 21.7. The number of carbonyl (C=O) groups is 1. The third-order valence-corrected chi connectivity index (χ3v) is 18.5. The Morgan fingerprint density at radius 1 is 0.623 bits per heavy atom. The molecule has 0 radical (unpaired) electrons. The van der Waals surface area contributed by atoms with E-state index >= 15 is 0 Å². The van der Waals surface area contributed by atoms with E-state index in [0.717, 1.165) is 50.4 Å². The van der Waals surface area contributed by atoms with Crippen molar-refractivity contribution in [1.29, 1.82) is 0 Å². The van der Waals surface area contributed by atoms with Gasteiger partial charge in [0.15, 0.2) is 0 Å². The van der Waals surface area contributed by atoms with Gasteiger partial charge in [-0.25, -0.2) is 0 Å². The lowest BCUT2D eigenvalue weighted by Crippen LogP contribution is -2.74. The zero-order chi connectivity index (χ0) is 38.5. The van der Waals surface area contributed by atoms with Crippen LogP contribution in [0, 0.1) is 50.7 Å². The first-order valence-corrected chi connectivity index (χ1v) is 23.7. The van der Waals surface area contributed by atoms with Gasteiger partial charge in [0.25, 0.3) is 0 Å². The van der Waals surface area contributed by atoms with Crippen molar-refractivity contribution < 1.29 is 14.6 Å². The van der Waals surface area contributed by atoms with Crippen LogP contribution in [0.25, 0.3) is 0 Å². The van der Waals surface area contributed by atoms with Gasteiger partial charge in [-0.05, 0) is 117 Å². The van der Waals surface area contributed by atoms with Gasteiger partial charge in [-0.2, -0.15) is 0 Å². The number of allylic oxidation sites excluding steroid dienone is 1. The van der Waals surface area contributed by atoms with Crippen molar-refractivity contribution >= 4 is 5.97 Å². The van der Waals surface area contributed by atoms with E-state index < -0.39 is 11.0 Å². The average Bonchev–Trinajstić information content (AvgIpc) is 3.47. The minimum absolute atomic E-state index is 0.0428. The minimum Gasteiger partial charge on any atom is -0.462 e. The van der Waals surface area contributed by atoms with Crippen molar-refractivity contribution in [3.63, 3.8) is 0 Å². The van der Waals surface area contributed by atoms with Crippen molar-refractivity contribution in [3.8, 4) is 0 Å². The van der Waals surface area contributed by atoms with Crippen LogP contribution in [0.4, 0.5) is 0 Å². The molecular formula is C50H88O3. The summed E-state index contributed by atoms with van der Waals surface area (Å²) in [6, 6.07) is 0. The lowest BCUT2D eigenvalue weighted by Gasteiger charge is -2.74. The molecule has 0 aromatic rings. The van der Waals surface area contributed by atoms with Gasteiger partial charge in [-0.1, -0.05) is 163 Å². The number of fused-ring (bicyclic) bond motifs is 7. The van der Waals surface area contributed by atoms with Gasteiger partial charge < -0.3 is 9.84 Å². The number of hydrogen-bond acceptors (Lipinski definition) is 3. The van der Waals surface area contributed by atoms with Crippen LogP contribution in [0.1, 0.15) is 235 Å². The highest BCUT2D eigenvalue weighted by Crippen LogP contribution is 2.78. The molecule has 5 fully saturated rings. The van der Waals surface area contributed by atoms with Crippen LogP contribution in [0.3, 0.4) is 0 Å². The molecule has 1 N–H and O–H groups in total. The molecule has 0 aliphatic heterocycles. The summed E-state index contributed by atoms with van der Waals surface area (Å²) in [5.74, 6) is 2.64. The molecule has 0 aromatic heterocycles. The fraction of sp³-hybridized carbons (Fsp3) is 0.940. The fourth-order valence-electron chi connectivity index (χ4n) is 14.7. The van der Waals surface area contributed by atoms with Crippen LogP contribution >= 0.6 is 0 Å². The lowest BCUT2D eigenvalue weighted by atomic mass is 9.31. The number of unbranched alkanes of at least 4 members (excludes halogenated alkanes) is 16. The summed E-state index contributed by atoms with van der Waals surface area (Å²) in [6.07, 6.45) is 34.8. The molecule has 0 amide bonds. The first kappa shape index (κ1) is 43.3. The number of aliphatic hydroxyl groups is 1. The summed E-state index contributed by atoms with van der Waals surface area (Å²) in [7, 11) is 0. The Labute approximate surface area is 329 Å². The summed E-state index contributed by atoms with van der Waals surface area (Å²) in [5.41, 5.74) is 0.922. The number of ether oxygens (including phenoxy) is 1. The molecule has 0 saturated heterocycles. The van der Waals surface area contributed by atoms with E-state index in [4.69, 9.17) is 4.74 Å². The SMILES string of the molecule is C=C(C)[C@@H]1CC[C@]2(C)CC[C@]3(C)[C@H](CC[C@@H]4[C@@]5(C)CC[C@H](OC(=O)CCCCCCCCCCCCCCCCCCC)C(C)(C)[C@]5(O)CC[C@]43C)[C@@H]12. The average molecular weight is 737 g/mol. The Bertz CT molecular complexity index is 1200. The number of hydrogen-bond donors (Lipinski definition) is 1. The Morgan fingerprint density at radius 2 is 1.15 bits per heavy atom. The molecule has 0 bridgehead atoms. The standard InChI is InChI=1S/C50H88O3/c1-10-11-12-13-14-15-16-17-18-19-20-21-22-23-24-25-26-27-43(51)53-42-31-33-49(9)41-29-28-40-44-39(38(2)3)30-32-46(44,6)34-35-47(40,7)48(41,8)36-37-50(49,52)45(42,4)5/h39-42,44,52H,2,10-37H2,1,3-9H3/t39-,40+,41-,42-,44+,46+,47+,48+,49+,50+/m0/s1. The normalized spacial score (nSPS) is 40.1. The summed E-state index contributed by atoms with van der Waals surface area (Å²) in [6.45, 7) is 24.0. The maximum atomic E-state index is 13.3. The highest BCUT2D eigenvalue weighted by molar-refractivity contribution is 5.69. The highest BCUT2D eigenvalue weighted by atomic mass is 16.5. The van der Waals surface area contributed by atoms with Crippen LogP contribution < -0.4 is 0 Å². The van der Waals surface area contributed by atoms with Crippen LogP contribution in [0.2, 0.25) is 0 Å². The Morgan fingerprint density at radius 3 is 1.70 bits per heavy atom. The molecule has 0 spiro atoms. The van der Waals surface area contributed by atoms with Crippen LogP contribution in [-0.2, 0) is 9.53 Å². The van der Waals surface area contributed by atoms with Crippen molar-refractivity contribution in [2.75, 3.05) is 0 Å². The number of rotatable bonds is 20. The highest BCUT2D eigenvalue weighted by Gasteiger charge is 2.74. The first-order chi connectivity index (χ1) is 25.1. The summed E-state index contributed by atoms with van der Waals surface area (Å²) >= 11 is 0. The molecule has 5 rings (SSSR count). The molecule has 0 unspecified atom stereocenters. The summed E-state index contributed by atoms with van der Waals surface area (Å²) in [4.78, 5) is 13.3. The molecule has 5 aliphatic carbocycles. The van der Waals surface area contributed by atoms with Crippen molar-refractivity contribution in [1.82, 2.24) is 0 Å². The predicted molar refractivity (Wildman–Crippen MR) is 225 cm³/mol. The molecule has 3 heteroatoms. The molecule has 5 aliphatic rings. The van der Waals surface area contributed by atoms with E-state index in [1.165, 1.54) is 140 Å². The molecule has 3 nitrogen and oxygen atoms in total. The monoisotopic (exact) mass is 737 g/mol. The Balaban J connectivity index is 1.05. The molecule has 5 saturated carbocycles. The van der Waals surface area contributed by atoms with Gasteiger partial charge in [0.1, 0.15) is 6.10 Å². The molecule has 0 aromatic carbocycles. The predicted octanol–water partition coefficient (Wildman–Crippen LogP) is 14.7. The van der Waals surface area contributed by atoms with E-state index in [2.05, 4.69) is 62.0 Å². The van der Waals surface area contributed by atoms with Gasteiger partial charge in [-0.15, -0.1) is 0 Å². The number of esters is 1. The molecule has 0 heterocycles. The van der Waals surface area contributed by atoms with Crippen LogP contribution in [0.15, 0.2) is 12.2 Å².